The lowest BCUT2D eigenvalue weighted by atomic mass is 10.1. The van der Waals surface area contributed by atoms with Gasteiger partial charge >= 0.3 is 0 Å². The summed E-state index contributed by atoms with van der Waals surface area (Å²) in [5.74, 6) is -0.0587. The minimum absolute atomic E-state index is 0.0587. The van der Waals surface area contributed by atoms with Crippen LogP contribution in [0.1, 0.15) is 15.9 Å². The summed E-state index contributed by atoms with van der Waals surface area (Å²) in [5.41, 5.74) is 3.04. The fourth-order valence-electron chi connectivity index (χ4n) is 2.17. The Bertz CT molecular complexity index is 579. The van der Waals surface area contributed by atoms with E-state index < -0.39 is 0 Å². The first-order chi connectivity index (χ1) is 9.33. The zero-order valence-corrected chi connectivity index (χ0v) is 10.5. The van der Waals surface area contributed by atoms with Crippen LogP contribution in [0.5, 0.6) is 0 Å². The highest BCUT2D eigenvalue weighted by Crippen LogP contribution is 2.22. The summed E-state index contributed by atoms with van der Waals surface area (Å²) in [6, 6.07) is 5.80. The van der Waals surface area contributed by atoms with Gasteiger partial charge in [0.1, 0.15) is 0 Å². The van der Waals surface area contributed by atoms with Gasteiger partial charge in [-0.15, -0.1) is 5.10 Å². The minimum atomic E-state index is -0.0587. The normalized spacial score (nSPS) is 12.8. The molecule has 0 radical (unpaired) electrons. The maximum Gasteiger partial charge on any atom is 0.251 e. The molecule has 0 saturated heterocycles. The van der Waals surface area contributed by atoms with Crippen LogP contribution in [0.4, 0.5) is 5.69 Å². The first-order valence-corrected chi connectivity index (χ1v) is 6.32. The molecule has 1 aromatic heterocycles. The number of nitrogens with one attached hydrogen (secondary N) is 2. The zero-order valence-electron chi connectivity index (χ0n) is 10.5. The number of fused-ring (bicyclic) bond motifs is 1. The molecule has 2 aromatic rings. The predicted molar refractivity (Wildman–Crippen MR) is 71.0 cm³/mol. The van der Waals surface area contributed by atoms with E-state index in [0.717, 1.165) is 18.7 Å². The largest absolute Gasteiger partial charge is 0.384 e. The number of nitrogens with zero attached hydrogens (tertiary/aromatic N) is 3. The van der Waals surface area contributed by atoms with Gasteiger partial charge in [-0.3, -0.25) is 9.48 Å². The third kappa shape index (κ3) is 2.57. The number of anilines is 1. The fraction of sp³-hybridized carbons (Fsp3) is 0.308. The SMILES string of the molecule is O=C(NCCn1ccnn1)c1ccc2c(c1)NCC2. The van der Waals surface area contributed by atoms with E-state index in [4.69, 9.17) is 0 Å². The topological polar surface area (TPSA) is 71.8 Å². The molecule has 1 amide bonds. The van der Waals surface area contributed by atoms with Gasteiger partial charge in [-0.25, -0.2) is 0 Å². The molecule has 98 valence electrons. The lowest BCUT2D eigenvalue weighted by molar-refractivity contribution is 0.0952. The van der Waals surface area contributed by atoms with Crippen LogP contribution in [0.15, 0.2) is 30.6 Å². The van der Waals surface area contributed by atoms with Crippen molar-refractivity contribution in [3.63, 3.8) is 0 Å². The van der Waals surface area contributed by atoms with Crippen LogP contribution in [0, 0.1) is 0 Å². The standard InChI is InChI=1S/C13H15N5O/c19-13(15-5-7-18-8-6-16-17-18)11-2-1-10-3-4-14-12(10)9-11/h1-2,6,8-9,14H,3-5,7H2,(H,15,19). The number of carbonyl (C=O) groups is 1. The smallest absolute Gasteiger partial charge is 0.251 e. The first-order valence-electron chi connectivity index (χ1n) is 6.32. The van der Waals surface area contributed by atoms with Crippen LogP contribution in [0.3, 0.4) is 0 Å². The van der Waals surface area contributed by atoms with Gasteiger partial charge in [-0.1, -0.05) is 11.3 Å². The molecule has 0 unspecified atom stereocenters. The van der Waals surface area contributed by atoms with E-state index in [1.807, 2.05) is 18.2 Å². The fourth-order valence-corrected chi connectivity index (χ4v) is 2.17. The van der Waals surface area contributed by atoms with Gasteiger partial charge in [-0.2, -0.15) is 0 Å². The number of rotatable bonds is 4. The number of carbonyl (C=O) groups excluding carboxylic acids is 1. The molecular weight excluding hydrogens is 242 g/mol. The Morgan fingerprint density at radius 2 is 2.42 bits per heavy atom. The molecule has 1 aliphatic rings. The van der Waals surface area contributed by atoms with E-state index in [1.54, 1.807) is 17.1 Å². The molecule has 1 aliphatic heterocycles. The molecule has 0 fully saturated rings. The lowest BCUT2D eigenvalue weighted by Gasteiger charge is -2.07. The number of amides is 1. The Morgan fingerprint density at radius 3 is 3.26 bits per heavy atom. The number of hydrogen-bond acceptors (Lipinski definition) is 4. The Hall–Kier alpha value is -2.37. The second-order valence-electron chi connectivity index (χ2n) is 4.47. The third-order valence-corrected chi connectivity index (χ3v) is 3.18. The number of benzene rings is 1. The predicted octanol–water partition coefficient (Wildman–Crippen LogP) is 0.676. The van der Waals surface area contributed by atoms with Crippen LogP contribution in [0.25, 0.3) is 0 Å². The molecule has 3 rings (SSSR count). The molecule has 6 nitrogen and oxygen atoms in total. The molecule has 19 heavy (non-hydrogen) atoms. The summed E-state index contributed by atoms with van der Waals surface area (Å²) in [6.07, 6.45) is 4.42. The number of hydrogen-bond donors (Lipinski definition) is 2. The molecule has 0 saturated carbocycles. The van der Waals surface area contributed by atoms with Crippen molar-refractivity contribution >= 4 is 11.6 Å². The van der Waals surface area contributed by atoms with E-state index in [9.17, 15) is 4.79 Å². The van der Waals surface area contributed by atoms with Crippen LogP contribution < -0.4 is 10.6 Å². The average Bonchev–Trinajstić information content (AvgIpc) is 3.08. The Labute approximate surface area is 110 Å². The van der Waals surface area contributed by atoms with Gasteiger partial charge in [0, 0.05) is 30.5 Å². The van der Waals surface area contributed by atoms with Gasteiger partial charge < -0.3 is 10.6 Å². The van der Waals surface area contributed by atoms with Crippen molar-refractivity contribution in [2.24, 2.45) is 0 Å². The second-order valence-corrected chi connectivity index (χ2v) is 4.47. The molecule has 6 heteroatoms. The molecule has 0 spiro atoms. The Morgan fingerprint density at radius 1 is 1.47 bits per heavy atom. The number of aromatic nitrogens is 3. The second kappa shape index (κ2) is 5.09. The highest BCUT2D eigenvalue weighted by atomic mass is 16.1. The third-order valence-electron chi connectivity index (χ3n) is 3.18. The van der Waals surface area contributed by atoms with Crippen molar-refractivity contribution < 1.29 is 4.79 Å². The van der Waals surface area contributed by atoms with E-state index in [0.29, 0.717) is 18.7 Å². The summed E-state index contributed by atoms with van der Waals surface area (Å²) in [5, 5.41) is 13.7. The van der Waals surface area contributed by atoms with Gasteiger partial charge in [0.15, 0.2) is 0 Å². The minimum Gasteiger partial charge on any atom is -0.384 e. The van der Waals surface area contributed by atoms with Crippen molar-refractivity contribution in [2.75, 3.05) is 18.4 Å². The Kier molecular flexibility index (Phi) is 3.14. The lowest BCUT2D eigenvalue weighted by Crippen LogP contribution is -2.27. The molecule has 0 bridgehead atoms. The first kappa shape index (κ1) is 11.7. The van der Waals surface area contributed by atoms with Crippen LogP contribution >= 0.6 is 0 Å². The maximum atomic E-state index is 12.0. The quantitative estimate of drug-likeness (QED) is 0.844. The van der Waals surface area contributed by atoms with Crippen molar-refractivity contribution in [2.45, 2.75) is 13.0 Å². The summed E-state index contributed by atoms with van der Waals surface area (Å²) < 4.78 is 1.69. The summed E-state index contributed by atoms with van der Waals surface area (Å²) in [4.78, 5) is 12.0. The van der Waals surface area contributed by atoms with Crippen LogP contribution in [-0.2, 0) is 13.0 Å². The molecule has 0 atom stereocenters. The maximum absolute atomic E-state index is 12.0. The van der Waals surface area contributed by atoms with Gasteiger partial charge in [0.05, 0.1) is 12.7 Å². The van der Waals surface area contributed by atoms with E-state index in [-0.39, 0.29) is 5.91 Å². The average molecular weight is 257 g/mol. The summed E-state index contributed by atoms with van der Waals surface area (Å²) in [6.45, 7) is 2.11. The molecule has 2 N–H and O–H groups in total. The zero-order chi connectivity index (χ0) is 13.1. The molecule has 1 aromatic carbocycles. The van der Waals surface area contributed by atoms with Gasteiger partial charge in [0.25, 0.3) is 5.91 Å². The van der Waals surface area contributed by atoms with E-state index in [1.165, 1.54) is 5.56 Å². The monoisotopic (exact) mass is 257 g/mol. The highest BCUT2D eigenvalue weighted by Gasteiger charge is 2.13. The van der Waals surface area contributed by atoms with Gasteiger partial charge in [-0.05, 0) is 24.1 Å². The van der Waals surface area contributed by atoms with Crippen LogP contribution in [0.2, 0.25) is 0 Å². The molecule has 2 heterocycles. The summed E-state index contributed by atoms with van der Waals surface area (Å²) >= 11 is 0. The van der Waals surface area contributed by atoms with Crippen molar-refractivity contribution in [3.8, 4) is 0 Å². The van der Waals surface area contributed by atoms with Crippen molar-refractivity contribution in [3.05, 3.63) is 41.7 Å². The molecular formula is C13H15N5O. The van der Waals surface area contributed by atoms with Crippen molar-refractivity contribution in [1.82, 2.24) is 20.3 Å². The van der Waals surface area contributed by atoms with Crippen LogP contribution in [-0.4, -0.2) is 34.0 Å². The van der Waals surface area contributed by atoms with Gasteiger partial charge in [0.2, 0.25) is 0 Å². The van der Waals surface area contributed by atoms with E-state index in [2.05, 4.69) is 20.9 Å². The highest BCUT2D eigenvalue weighted by molar-refractivity contribution is 5.95. The Balaban J connectivity index is 1.58. The summed E-state index contributed by atoms with van der Waals surface area (Å²) in [7, 11) is 0. The molecule has 0 aliphatic carbocycles. The van der Waals surface area contributed by atoms with Crippen molar-refractivity contribution in [1.29, 1.82) is 0 Å². The van der Waals surface area contributed by atoms with E-state index >= 15 is 0 Å².